The van der Waals surface area contributed by atoms with Crippen molar-refractivity contribution in [1.29, 1.82) is 0 Å². The van der Waals surface area contributed by atoms with E-state index in [1.807, 2.05) is 38.1 Å². The van der Waals surface area contributed by atoms with Gasteiger partial charge >= 0.3 is 0 Å². The Bertz CT molecular complexity index is 1150. The monoisotopic (exact) mass is 468 g/mol. The van der Waals surface area contributed by atoms with Gasteiger partial charge in [-0.1, -0.05) is 30.3 Å². The highest BCUT2D eigenvalue weighted by molar-refractivity contribution is 7.92. The first-order valence-electron chi connectivity index (χ1n) is 10.6. The molecule has 0 radical (unpaired) electrons. The summed E-state index contributed by atoms with van der Waals surface area (Å²) in [6, 6.07) is 21.7. The first kappa shape index (κ1) is 24.1. The van der Waals surface area contributed by atoms with Crippen molar-refractivity contribution in [2.75, 3.05) is 24.6 Å². The average Bonchev–Trinajstić information content (AvgIpc) is 2.83. The van der Waals surface area contributed by atoms with Crippen LogP contribution in [0.4, 0.5) is 5.69 Å². The van der Waals surface area contributed by atoms with E-state index in [1.165, 1.54) is 19.2 Å². The third-order valence-electron chi connectivity index (χ3n) is 5.05. The van der Waals surface area contributed by atoms with Crippen molar-refractivity contribution in [3.8, 4) is 11.5 Å². The van der Waals surface area contributed by atoms with E-state index in [2.05, 4.69) is 5.32 Å². The quantitative estimate of drug-likeness (QED) is 0.483. The number of anilines is 1. The number of carbonyl (C=O) groups is 1. The predicted molar refractivity (Wildman–Crippen MR) is 128 cm³/mol. The number of nitrogens with one attached hydrogen (secondary N) is 1. The molecule has 8 heteroatoms. The van der Waals surface area contributed by atoms with Crippen LogP contribution in [0.2, 0.25) is 0 Å². The lowest BCUT2D eigenvalue weighted by molar-refractivity contribution is -0.120. The van der Waals surface area contributed by atoms with Gasteiger partial charge in [0.05, 0.1) is 30.3 Å². The maximum Gasteiger partial charge on any atom is 0.264 e. The summed E-state index contributed by atoms with van der Waals surface area (Å²) in [4.78, 5) is 13.0. The molecule has 0 unspecified atom stereocenters. The lowest BCUT2D eigenvalue weighted by Crippen LogP contribution is -2.41. The topological polar surface area (TPSA) is 84.9 Å². The third kappa shape index (κ3) is 6.04. The van der Waals surface area contributed by atoms with E-state index in [0.29, 0.717) is 18.0 Å². The summed E-state index contributed by atoms with van der Waals surface area (Å²) in [5, 5.41) is 2.88. The molecule has 0 aliphatic heterocycles. The zero-order chi connectivity index (χ0) is 23.8. The van der Waals surface area contributed by atoms with E-state index in [1.54, 1.807) is 42.5 Å². The number of para-hydroxylation sites is 1. The molecule has 1 atom stereocenters. The zero-order valence-electron chi connectivity index (χ0n) is 18.9. The van der Waals surface area contributed by atoms with Gasteiger partial charge in [0.15, 0.2) is 0 Å². The first-order chi connectivity index (χ1) is 15.8. The minimum absolute atomic E-state index is 0.0690. The summed E-state index contributed by atoms with van der Waals surface area (Å²) in [6.45, 7) is 3.97. The number of rotatable bonds is 10. The van der Waals surface area contributed by atoms with Gasteiger partial charge in [0.2, 0.25) is 5.91 Å². The van der Waals surface area contributed by atoms with Crippen LogP contribution >= 0.6 is 0 Å². The Morgan fingerprint density at radius 3 is 2.12 bits per heavy atom. The number of hydrogen-bond donors (Lipinski definition) is 1. The maximum atomic E-state index is 13.4. The highest BCUT2D eigenvalue weighted by atomic mass is 32.2. The molecule has 0 heterocycles. The van der Waals surface area contributed by atoms with Crippen LogP contribution in [0.15, 0.2) is 83.8 Å². The van der Waals surface area contributed by atoms with Gasteiger partial charge in [0, 0.05) is 0 Å². The van der Waals surface area contributed by atoms with Crippen molar-refractivity contribution in [1.82, 2.24) is 5.32 Å². The van der Waals surface area contributed by atoms with Crippen LogP contribution < -0.4 is 19.1 Å². The lowest BCUT2D eigenvalue weighted by atomic mass is 10.1. The second-order valence-electron chi connectivity index (χ2n) is 7.31. The van der Waals surface area contributed by atoms with Gasteiger partial charge in [-0.2, -0.15) is 0 Å². The number of ether oxygens (including phenoxy) is 2. The van der Waals surface area contributed by atoms with Crippen molar-refractivity contribution < 1.29 is 22.7 Å². The Balaban J connectivity index is 1.80. The minimum atomic E-state index is -3.99. The van der Waals surface area contributed by atoms with E-state index >= 15 is 0 Å². The summed E-state index contributed by atoms with van der Waals surface area (Å²) >= 11 is 0. The molecule has 33 heavy (non-hydrogen) atoms. The predicted octanol–water partition coefficient (Wildman–Crippen LogP) is 4.17. The second-order valence-corrected chi connectivity index (χ2v) is 9.18. The number of hydrogen-bond acceptors (Lipinski definition) is 5. The molecule has 174 valence electrons. The normalized spacial score (nSPS) is 12.0. The zero-order valence-corrected chi connectivity index (χ0v) is 19.7. The van der Waals surface area contributed by atoms with E-state index in [0.717, 1.165) is 15.6 Å². The number of sulfonamides is 1. The van der Waals surface area contributed by atoms with Crippen LogP contribution in [-0.2, 0) is 14.8 Å². The van der Waals surface area contributed by atoms with Crippen LogP contribution in [0.25, 0.3) is 0 Å². The SMILES string of the molecule is CCOc1ccc([C@@H](C)NC(=O)CN(c2ccccc2)S(=O)(=O)c2ccc(OC)cc2)cc1. The van der Waals surface area contributed by atoms with Crippen molar-refractivity contribution >= 4 is 21.6 Å². The number of carbonyl (C=O) groups excluding carboxylic acids is 1. The number of nitrogens with zero attached hydrogens (tertiary/aromatic N) is 1. The molecule has 0 saturated heterocycles. The minimum Gasteiger partial charge on any atom is -0.497 e. The second kappa shape index (κ2) is 10.9. The molecule has 1 amide bonds. The highest BCUT2D eigenvalue weighted by Crippen LogP contribution is 2.25. The van der Waals surface area contributed by atoms with Crippen LogP contribution in [0, 0.1) is 0 Å². The van der Waals surface area contributed by atoms with Crippen molar-refractivity contribution in [3.63, 3.8) is 0 Å². The van der Waals surface area contributed by atoms with Crippen molar-refractivity contribution in [2.45, 2.75) is 24.8 Å². The van der Waals surface area contributed by atoms with E-state index in [9.17, 15) is 13.2 Å². The summed E-state index contributed by atoms with van der Waals surface area (Å²) in [5.74, 6) is 0.875. The molecule has 0 saturated carbocycles. The Labute approximate surface area is 195 Å². The summed E-state index contributed by atoms with van der Waals surface area (Å²) in [7, 11) is -2.48. The van der Waals surface area contributed by atoms with Gasteiger partial charge in [0.25, 0.3) is 10.0 Å². The fraction of sp³-hybridized carbons (Fsp3) is 0.240. The van der Waals surface area contributed by atoms with E-state index in [-0.39, 0.29) is 17.5 Å². The number of amides is 1. The molecular formula is C25H28N2O5S. The van der Waals surface area contributed by atoms with Crippen LogP contribution in [0.3, 0.4) is 0 Å². The largest absolute Gasteiger partial charge is 0.497 e. The summed E-state index contributed by atoms with van der Waals surface area (Å²) in [5.41, 5.74) is 1.29. The smallest absolute Gasteiger partial charge is 0.264 e. The van der Waals surface area contributed by atoms with Gasteiger partial charge in [-0.15, -0.1) is 0 Å². The van der Waals surface area contributed by atoms with Gasteiger partial charge < -0.3 is 14.8 Å². The molecule has 0 bridgehead atoms. The molecule has 1 N–H and O–H groups in total. The van der Waals surface area contributed by atoms with Gasteiger partial charge in [-0.3, -0.25) is 9.10 Å². The van der Waals surface area contributed by atoms with Crippen LogP contribution in [0.5, 0.6) is 11.5 Å². The van der Waals surface area contributed by atoms with E-state index in [4.69, 9.17) is 9.47 Å². The molecule has 7 nitrogen and oxygen atoms in total. The standard InChI is InChI=1S/C25H28N2O5S/c1-4-32-23-12-10-20(11-13-23)19(2)26-25(28)18-27(21-8-6-5-7-9-21)33(29,30)24-16-14-22(31-3)15-17-24/h5-17,19H,4,18H2,1-3H3,(H,26,28)/t19-/m1/s1. The summed E-state index contributed by atoms with van der Waals surface area (Å²) < 4.78 is 38.5. The molecule has 0 spiro atoms. The maximum absolute atomic E-state index is 13.4. The molecule has 3 aromatic carbocycles. The Kier molecular flexibility index (Phi) is 7.95. The molecule has 3 aromatic rings. The highest BCUT2D eigenvalue weighted by Gasteiger charge is 2.27. The van der Waals surface area contributed by atoms with Gasteiger partial charge in [-0.25, -0.2) is 8.42 Å². The molecule has 0 aromatic heterocycles. The molecule has 0 aliphatic carbocycles. The fourth-order valence-electron chi connectivity index (χ4n) is 3.30. The number of benzene rings is 3. The third-order valence-corrected chi connectivity index (χ3v) is 6.84. The Hall–Kier alpha value is -3.52. The van der Waals surface area contributed by atoms with Gasteiger partial charge in [0.1, 0.15) is 18.0 Å². The van der Waals surface area contributed by atoms with Crippen LogP contribution in [0.1, 0.15) is 25.5 Å². The van der Waals surface area contributed by atoms with E-state index < -0.39 is 15.9 Å². The van der Waals surface area contributed by atoms with Crippen molar-refractivity contribution in [2.24, 2.45) is 0 Å². The molecule has 0 aliphatic rings. The molecular weight excluding hydrogens is 440 g/mol. The Morgan fingerprint density at radius 1 is 0.939 bits per heavy atom. The average molecular weight is 469 g/mol. The number of methoxy groups -OCH3 is 1. The Morgan fingerprint density at radius 2 is 1.55 bits per heavy atom. The van der Waals surface area contributed by atoms with Crippen molar-refractivity contribution in [3.05, 3.63) is 84.4 Å². The van der Waals surface area contributed by atoms with Crippen LogP contribution in [-0.4, -0.2) is 34.6 Å². The molecule has 3 rings (SSSR count). The lowest BCUT2D eigenvalue weighted by Gasteiger charge is -2.25. The van der Waals surface area contributed by atoms with Gasteiger partial charge in [-0.05, 0) is 67.9 Å². The fourth-order valence-corrected chi connectivity index (χ4v) is 4.73. The first-order valence-corrected chi connectivity index (χ1v) is 12.0. The summed E-state index contributed by atoms with van der Waals surface area (Å²) in [6.07, 6.45) is 0. The molecule has 0 fully saturated rings.